The van der Waals surface area contributed by atoms with Gasteiger partial charge in [-0.25, -0.2) is 12.8 Å². The second-order valence-electron chi connectivity index (χ2n) is 9.26. The van der Waals surface area contributed by atoms with Crippen LogP contribution < -0.4 is 10.5 Å². The third kappa shape index (κ3) is 3.06. The lowest BCUT2D eigenvalue weighted by atomic mass is 9.85. The van der Waals surface area contributed by atoms with Gasteiger partial charge in [0.2, 0.25) is 0 Å². The lowest BCUT2D eigenvalue weighted by molar-refractivity contribution is 0.413. The SMILES string of the molecule is CC[C@@]12CCC([C@@](C)(c3cc(Cc4nccc5cc(OC)cnc45)ccc3F)N=C1N)S2(=O)=O. The van der Waals surface area contributed by atoms with Crippen LogP contribution >= 0.6 is 0 Å². The second-order valence-corrected chi connectivity index (χ2v) is 11.7. The van der Waals surface area contributed by atoms with E-state index in [9.17, 15) is 8.42 Å². The molecule has 3 atom stereocenters. The Morgan fingerprint density at radius 1 is 1.24 bits per heavy atom. The number of hydrogen-bond acceptors (Lipinski definition) is 7. The zero-order chi connectivity index (χ0) is 24.3. The molecule has 2 aliphatic rings. The van der Waals surface area contributed by atoms with Crippen LogP contribution in [0.2, 0.25) is 0 Å². The zero-order valence-corrected chi connectivity index (χ0v) is 20.2. The van der Waals surface area contributed by atoms with Gasteiger partial charge in [0.15, 0.2) is 9.84 Å². The number of benzene rings is 1. The molecule has 9 heteroatoms. The third-order valence-corrected chi connectivity index (χ3v) is 10.8. The fourth-order valence-electron chi connectivity index (χ4n) is 5.61. The van der Waals surface area contributed by atoms with Gasteiger partial charge >= 0.3 is 0 Å². The zero-order valence-electron chi connectivity index (χ0n) is 19.4. The van der Waals surface area contributed by atoms with Crippen molar-refractivity contribution in [3.05, 3.63) is 65.4 Å². The number of nitrogens with zero attached hydrogens (tertiary/aromatic N) is 3. The summed E-state index contributed by atoms with van der Waals surface area (Å²) >= 11 is 0. The summed E-state index contributed by atoms with van der Waals surface area (Å²) in [5.74, 6) is 0.239. The van der Waals surface area contributed by atoms with E-state index in [-0.39, 0.29) is 11.4 Å². The van der Waals surface area contributed by atoms with Crippen LogP contribution in [0.1, 0.15) is 49.9 Å². The Morgan fingerprint density at radius 2 is 2.03 bits per heavy atom. The average molecular weight is 483 g/mol. The van der Waals surface area contributed by atoms with E-state index in [1.165, 1.54) is 6.07 Å². The van der Waals surface area contributed by atoms with Crippen LogP contribution in [0, 0.1) is 5.82 Å². The van der Waals surface area contributed by atoms with Gasteiger partial charge in [0.25, 0.3) is 0 Å². The van der Waals surface area contributed by atoms with Crippen molar-refractivity contribution in [3.8, 4) is 5.75 Å². The minimum absolute atomic E-state index is 0.0879. The molecule has 7 nitrogen and oxygen atoms in total. The first kappa shape index (κ1) is 22.7. The Bertz CT molecular complexity index is 1440. The highest BCUT2D eigenvalue weighted by Crippen LogP contribution is 2.52. The standard InChI is InChI=1S/C25H27FN4O3S/c1-4-25-9-7-21(34(25,31)32)24(2,30-23(25)27)18-11-15(5-6-19(18)26)12-20-22-16(8-10-28-20)13-17(33-3)14-29-22/h5-6,8,10-11,13-14,21H,4,7,9,12H2,1-3H3,(H2,27,30)/t21?,24-,25-/m1/s1. The molecule has 4 heterocycles. The quantitative estimate of drug-likeness (QED) is 0.594. The van der Waals surface area contributed by atoms with E-state index in [1.807, 2.05) is 19.1 Å². The van der Waals surface area contributed by atoms with E-state index in [4.69, 9.17) is 10.5 Å². The number of ether oxygens (including phenoxy) is 1. The summed E-state index contributed by atoms with van der Waals surface area (Å²) in [6.45, 7) is 3.49. The lowest BCUT2D eigenvalue weighted by Gasteiger charge is -2.40. The van der Waals surface area contributed by atoms with Crippen LogP contribution in [-0.4, -0.2) is 41.3 Å². The molecule has 0 saturated carbocycles. The van der Waals surface area contributed by atoms with Gasteiger partial charge in [0.05, 0.1) is 29.8 Å². The number of amidine groups is 1. The summed E-state index contributed by atoms with van der Waals surface area (Å²) in [7, 11) is -2.04. The van der Waals surface area contributed by atoms with Crippen LogP contribution in [-0.2, 0) is 21.8 Å². The number of rotatable bonds is 5. The first-order valence-corrected chi connectivity index (χ1v) is 12.9. The molecule has 1 fully saturated rings. The highest BCUT2D eigenvalue weighted by molar-refractivity contribution is 7.94. The van der Waals surface area contributed by atoms with E-state index in [0.29, 0.717) is 31.4 Å². The Kier molecular flexibility index (Phi) is 5.16. The molecule has 3 aromatic rings. The first-order chi connectivity index (χ1) is 16.2. The fraction of sp³-hybridized carbons (Fsp3) is 0.400. The van der Waals surface area contributed by atoms with E-state index in [2.05, 4.69) is 15.0 Å². The number of fused-ring (bicyclic) bond motifs is 3. The summed E-state index contributed by atoms with van der Waals surface area (Å²) < 4.78 is 46.3. The average Bonchev–Trinajstić information content (AvgIpc) is 3.03. The van der Waals surface area contributed by atoms with Crippen molar-refractivity contribution in [2.45, 2.75) is 55.1 Å². The molecule has 34 heavy (non-hydrogen) atoms. The van der Waals surface area contributed by atoms with Gasteiger partial charge in [-0.2, -0.15) is 0 Å². The van der Waals surface area contributed by atoms with Crippen molar-refractivity contribution in [2.24, 2.45) is 10.7 Å². The number of halogens is 1. The summed E-state index contributed by atoms with van der Waals surface area (Å²) in [5.41, 5.74) is 7.45. The number of nitrogens with two attached hydrogens (primary N) is 1. The van der Waals surface area contributed by atoms with Gasteiger partial charge in [-0.15, -0.1) is 0 Å². The van der Waals surface area contributed by atoms with Crippen molar-refractivity contribution in [1.82, 2.24) is 9.97 Å². The van der Waals surface area contributed by atoms with Gasteiger partial charge in [-0.3, -0.25) is 15.0 Å². The number of hydrogen-bond donors (Lipinski definition) is 1. The highest BCUT2D eigenvalue weighted by Gasteiger charge is 2.64. The summed E-state index contributed by atoms with van der Waals surface area (Å²) in [5, 5.41) is 0.0677. The molecule has 2 N–H and O–H groups in total. The largest absolute Gasteiger partial charge is 0.495 e. The van der Waals surface area contributed by atoms with Gasteiger partial charge < -0.3 is 10.5 Å². The maximum absolute atomic E-state index is 15.2. The number of sulfone groups is 1. The van der Waals surface area contributed by atoms with Crippen molar-refractivity contribution in [3.63, 3.8) is 0 Å². The van der Waals surface area contributed by atoms with Crippen LogP contribution in [0.5, 0.6) is 5.75 Å². The maximum Gasteiger partial charge on any atom is 0.168 e. The number of pyridine rings is 2. The van der Waals surface area contributed by atoms with E-state index < -0.39 is 31.2 Å². The molecule has 0 amide bonds. The van der Waals surface area contributed by atoms with Crippen molar-refractivity contribution < 1.29 is 17.5 Å². The van der Waals surface area contributed by atoms with Gasteiger partial charge in [-0.05, 0) is 49.9 Å². The normalized spacial score (nSPS) is 27.5. The molecular weight excluding hydrogens is 455 g/mol. The first-order valence-electron chi connectivity index (χ1n) is 11.3. The molecule has 5 rings (SSSR count). The summed E-state index contributed by atoms with van der Waals surface area (Å²) in [6.07, 6.45) is 4.91. The number of aromatic nitrogens is 2. The molecule has 1 saturated heterocycles. The van der Waals surface area contributed by atoms with Gasteiger partial charge in [0, 0.05) is 23.6 Å². The molecule has 1 aromatic carbocycles. The molecule has 178 valence electrons. The molecule has 0 aliphatic carbocycles. The Hall–Kier alpha value is -3.07. The number of aliphatic imine (C=N–C) groups is 1. The van der Waals surface area contributed by atoms with Crippen LogP contribution in [0.25, 0.3) is 10.9 Å². The minimum Gasteiger partial charge on any atom is -0.495 e. The lowest BCUT2D eigenvalue weighted by Crippen LogP contribution is -2.57. The van der Waals surface area contributed by atoms with Crippen molar-refractivity contribution in [1.29, 1.82) is 0 Å². The summed E-state index contributed by atoms with van der Waals surface area (Å²) in [4.78, 5) is 13.6. The van der Waals surface area contributed by atoms with E-state index in [0.717, 1.165) is 22.2 Å². The molecule has 1 unspecified atom stereocenters. The molecule has 0 spiro atoms. The second kappa shape index (κ2) is 7.73. The molecule has 2 aliphatic heterocycles. The van der Waals surface area contributed by atoms with E-state index >= 15 is 4.39 Å². The van der Waals surface area contributed by atoms with Crippen LogP contribution in [0.3, 0.4) is 0 Å². The molecular formula is C25H27FN4O3S. The third-order valence-electron chi connectivity index (χ3n) is 7.58. The van der Waals surface area contributed by atoms with Crippen molar-refractivity contribution >= 4 is 26.6 Å². The summed E-state index contributed by atoms with van der Waals surface area (Å²) in [6, 6.07) is 8.49. The monoisotopic (exact) mass is 482 g/mol. The molecule has 2 aromatic heterocycles. The molecule has 2 bridgehead atoms. The molecule has 0 radical (unpaired) electrons. The Morgan fingerprint density at radius 3 is 2.76 bits per heavy atom. The van der Waals surface area contributed by atoms with Crippen LogP contribution in [0.4, 0.5) is 4.39 Å². The maximum atomic E-state index is 15.2. The van der Waals surface area contributed by atoms with E-state index in [1.54, 1.807) is 38.6 Å². The fourth-order valence-corrected chi connectivity index (χ4v) is 8.51. The smallest absolute Gasteiger partial charge is 0.168 e. The predicted molar refractivity (Wildman–Crippen MR) is 129 cm³/mol. The van der Waals surface area contributed by atoms with Crippen molar-refractivity contribution in [2.75, 3.05) is 7.11 Å². The Balaban J connectivity index is 1.59. The topological polar surface area (TPSA) is 108 Å². The highest BCUT2D eigenvalue weighted by atomic mass is 32.2. The van der Waals surface area contributed by atoms with Crippen LogP contribution in [0.15, 0.2) is 47.7 Å². The Labute approximate surface area is 198 Å². The van der Waals surface area contributed by atoms with Gasteiger partial charge in [0.1, 0.15) is 27.7 Å². The minimum atomic E-state index is -3.63. The predicted octanol–water partition coefficient (Wildman–Crippen LogP) is 3.68. The van der Waals surface area contributed by atoms with Gasteiger partial charge in [-0.1, -0.05) is 19.1 Å². The number of methoxy groups -OCH3 is 1.